The van der Waals surface area contributed by atoms with Crippen LogP contribution in [0.4, 0.5) is 10.8 Å². The number of amides is 1. The number of hydrogen-bond acceptors (Lipinski definition) is 7. The molecular weight excluding hydrogens is 408 g/mol. The lowest BCUT2D eigenvalue weighted by molar-refractivity contribution is -0.115. The van der Waals surface area contributed by atoms with Crippen molar-refractivity contribution >= 4 is 61.4 Å². The fourth-order valence-electron chi connectivity index (χ4n) is 3.04. The molecule has 0 aliphatic rings. The van der Waals surface area contributed by atoms with Crippen molar-refractivity contribution in [2.45, 2.75) is 31.6 Å². The van der Waals surface area contributed by atoms with Gasteiger partial charge >= 0.3 is 0 Å². The van der Waals surface area contributed by atoms with Gasteiger partial charge in [-0.05, 0) is 36.4 Å². The van der Waals surface area contributed by atoms with Crippen LogP contribution >= 0.6 is 34.4 Å². The lowest BCUT2D eigenvalue weighted by Crippen LogP contribution is -2.24. The van der Waals surface area contributed by atoms with Crippen LogP contribution in [0.15, 0.2) is 46.4 Å². The predicted octanol–water partition coefficient (Wildman–Crippen LogP) is 5.74. The van der Waals surface area contributed by atoms with Gasteiger partial charge in [0.15, 0.2) is 5.13 Å². The summed E-state index contributed by atoms with van der Waals surface area (Å²) in [7, 11) is 0. The summed E-state index contributed by atoms with van der Waals surface area (Å²) in [6.45, 7) is 5.61. The van der Waals surface area contributed by atoms with Gasteiger partial charge in [0.1, 0.15) is 16.2 Å². The number of fused-ring (bicyclic) bond motifs is 1. The van der Waals surface area contributed by atoms with Crippen LogP contribution in [0.2, 0.25) is 0 Å². The maximum atomic E-state index is 12.4. The van der Waals surface area contributed by atoms with E-state index in [1.807, 2.05) is 48.9 Å². The van der Waals surface area contributed by atoms with Crippen molar-refractivity contribution in [3.05, 3.63) is 58.2 Å². The fraction of sp³-hybridized carbons (Fsp3) is 0.200. The molecule has 0 N–H and O–H groups in total. The molecule has 4 rings (SSSR count). The first kappa shape index (κ1) is 19.0. The van der Waals surface area contributed by atoms with Crippen molar-refractivity contribution in [2.75, 3.05) is 4.90 Å². The smallest absolute Gasteiger partial charge is 0.230 e. The maximum Gasteiger partial charge on any atom is 0.230 e. The lowest BCUT2D eigenvalue weighted by Gasteiger charge is -2.22. The number of thioether (sulfide) groups is 1. The summed E-state index contributed by atoms with van der Waals surface area (Å²) >= 11 is 4.74. The van der Waals surface area contributed by atoms with E-state index >= 15 is 0 Å². The van der Waals surface area contributed by atoms with Gasteiger partial charge in [-0.3, -0.25) is 9.69 Å². The Hall–Kier alpha value is -2.29. The number of thiazole rings is 1. The van der Waals surface area contributed by atoms with E-state index in [0.29, 0.717) is 10.9 Å². The van der Waals surface area contributed by atoms with E-state index in [1.165, 1.54) is 11.3 Å². The van der Waals surface area contributed by atoms with Crippen LogP contribution in [-0.4, -0.2) is 20.9 Å². The largest absolute Gasteiger partial charge is 0.274 e. The van der Waals surface area contributed by atoms with Crippen LogP contribution < -0.4 is 4.90 Å². The molecule has 0 radical (unpaired) electrons. The molecule has 5 nitrogen and oxygen atoms in total. The minimum Gasteiger partial charge on any atom is -0.274 e. The van der Waals surface area contributed by atoms with E-state index in [9.17, 15) is 4.79 Å². The highest BCUT2D eigenvalue weighted by atomic mass is 32.2. The normalized spacial score (nSPS) is 11.1. The van der Waals surface area contributed by atoms with E-state index in [1.54, 1.807) is 41.2 Å². The molecule has 8 heteroatoms. The Kier molecular flexibility index (Phi) is 5.43. The topological polar surface area (TPSA) is 59.0 Å². The fourth-order valence-corrected chi connectivity index (χ4v) is 5.69. The summed E-state index contributed by atoms with van der Waals surface area (Å²) < 4.78 is 0. The molecule has 0 saturated heterocycles. The molecule has 1 aromatic carbocycles. The van der Waals surface area contributed by atoms with Crippen molar-refractivity contribution in [1.82, 2.24) is 15.0 Å². The maximum absolute atomic E-state index is 12.4. The Balaban J connectivity index is 1.59. The minimum atomic E-state index is -0.0401. The summed E-state index contributed by atoms with van der Waals surface area (Å²) in [5.74, 6) is 0.651. The van der Waals surface area contributed by atoms with Crippen LogP contribution in [-0.2, 0) is 10.5 Å². The zero-order chi connectivity index (χ0) is 19.7. The van der Waals surface area contributed by atoms with Crippen molar-refractivity contribution in [1.29, 1.82) is 0 Å². The van der Waals surface area contributed by atoms with Crippen molar-refractivity contribution < 1.29 is 4.79 Å². The number of aromatic nitrogens is 3. The SMILES string of the molecule is CC(=O)N(c1nc(CSc2ncnc3sccc23)cs1)c1c(C)cccc1C. The average molecular weight is 427 g/mol. The van der Waals surface area contributed by atoms with E-state index in [2.05, 4.69) is 9.97 Å². The Labute approximate surface area is 175 Å². The molecule has 4 aromatic rings. The molecule has 0 atom stereocenters. The number of thiophene rings is 1. The Morgan fingerprint density at radius 2 is 1.93 bits per heavy atom. The van der Waals surface area contributed by atoms with Gasteiger partial charge in [0.25, 0.3) is 0 Å². The molecule has 0 fully saturated rings. The number of aryl methyl sites for hydroxylation is 2. The van der Waals surface area contributed by atoms with Crippen molar-refractivity contribution in [2.24, 2.45) is 0 Å². The highest BCUT2D eigenvalue weighted by Crippen LogP contribution is 2.35. The van der Waals surface area contributed by atoms with Gasteiger partial charge in [0.05, 0.1) is 11.4 Å². The molecule has 0 bridgehead atoms. The predicted molar refractivity (Wildman–Crippen MR) is 118 cm³/mol. The van der Waals surface area contributed by atoms with E-state index in [4.69, 9.17) is 4.98 Å². The van der Waals surface area contributed by atoms with Crippen LogP contribution in [0.25, 0.3) is 10.2 Å². The quantitative estimate of drug-likeness (QED) is 0.301. The summed E-state index contributed by atoms with van der Waals surface area (Å²) in [4.78, 5) is 28.6. The van der Waals surface area contributed by atoms with Gasteiger partial charge < -0.3 is 0 Å². The van der Waals surface area contributed by atoms with Crippen molar-refractivity contribution in [3.8, 4) is 0 Å². The van der Waals surface area contributed by atoms with Crippen LogP contribution in [0.5, 0.6) is 0 Å². The lowest BCUT2D eigenvalue weighted by atomic mass is 10.1. The van der Waals surface area contributed by atoms with Gasteiger partial charge in [0, 0.05) is 23.4 Å². The Bertz CT molecular complexity index is 1130. The van der Waals surface area contributed by atoms with Gasteiger partial charge in [-0.1, -0.05) is 30.0 Å². The number of carbonyl (C=O) groups excluding carboxylic acids is 1. The van der Waals surface area contributed by atoms with E-state index < -0.39 is 0 Å². The second-order valence-corrected chi connectivity index (χ2v) is 9.02. The standard InChI is InChI=1S/C20H18N4OS3/c1-12-5-4-6-13(2)17(12)24(14(3)25)20-23-15(10-28-20)9-27-19-16-7-8-26-18(16)21-11-22-19/h4-8,10-11H,9H2,1-3H3. The third-order valence-electron chi connectivity index (χ3n) is 4.29. The van der Waals surface area contributed by atoms with Crippen LogP contribution in [0.1, 0.15) is 23.7 Å². The minimum absolute atomic E-state index is 0.0401. The Morgan fingerprint density at radius 3 is 2.68 bits per heavy atom. The van der Waals surface area contributed by atoms with Gasteiger partial charge in [0.2, 0.25) is 5.91 Å². The molecule has 28 heavy (non-hydrogen) atoms. The van der Waals surface area contributed by atoms with E-state index in [0.717, 1.165) is 37.8 Å². The first-order chi connectivity index (χ1) is 13.5. The highest BCUT2D eigenvalue weighted by Gasteiger charge is 2.21. The zero-order valence-corrected chi connectivity index (χ0v) is 18.1. The molecule has 1 amide bonds. The van der Waals surface area contributed by atoms with Gasteiger partial charge in [-0.25, -0.2) is 15.0 Å². The molecular formula is C20H18N4OS3. The van der Waals surface area contributed by atoms with Crippen LogP contribution in [0.3, 0.4) is 0 Å². The molecule has 0 spiro atoms. The third-order valence-corrected chi connectivity index (χ3v) is 7.03. The first-order valence-electron chi connectivity index (χ1n) is 8.67. The summed E-state index contributed by atoms with van der Waals surface area (Å²) in [5, 5.41) is 6.77. The van der Waals surface area contributed by atoms with Gasteiger partial charge in [-0.2, -0.15) is 0 Å². The summed E-state index contributed by atoms with van der Waals surface area (Å²) in [6.07, 6.45) is 1.60. The summed E-state index contributed by atoms with van der Waals surface area (Å²) in [5.41, 5.74) is 3.97. The Morgan fingerprint density at radius 1 is 1.14 bits per heavy atom. The first-order valence-corrected chi connectivity index (χ1v) is 11.4. The van der Waals surface area contributed by atoms with Crippen molar-refractivity contribution in [3.63, 3.8) is 0 Å². The number of para-hydroxylation sites is 1. The molecule has 0 unspecified atom stereocenters. The van der Waals surface area contributed by atoms with Crippen LogP contribution in [0, 0.1) is 13.8 Å². The number of benzene rings is 1. The molecule has 3 heterocycles. The highest BCUT2D eigenvalue weighted by molar-refractivity contribution is 7.98. The number of carbonyl (C=O) groups is 1. The second-order valence-electron chi connectivity index (χ2n) is 6.32. The zero-order valence-electron chi connectivity index (χ0n) is 15.7. The number of hydrogen-bond donors (Lipinski definition) is 0. The molecule has 142 valence electrons. The van der Waals surface area contributed by atoms with Gasteiger partial charge in [-0.15, -0.1) is 22.7 Å². The second kappa shape index (κ2) is 7.98. The molecule has 0 saturated carbocycles. The number of anilines is 2. The summed E-state index contributed by atoms with van der Waals surface area (Å²) in [6, 6.07) is 8.09. The monoisotopic (exact) mass is 426 g/mol. The molecule has 0 aliphatic heterocycles. The number of nitrogens with zero attached hydrogens (tertiary/aromatic N) is 4. The number of rotatable bonds is 5. The van der Waals surface area contributed by atoms with E-state index in [-0.39, 0.29) is 5.91 Å². The molecule has 0 aliphatic carbocycles. The molecule has 3 aromatic heterocycles. The third kappa shape index (κ3) is 3.67. The average Bonchev–Trinajstić information content (AvgIpc) is 3.32.